The van der Waals surface area contributed by atoms with E-state index in [1.165, 1.54) is 11.1 Å². The third kappa shape index (κ3) is 11.6. The normalized spacial score (nSPS) is 19.3. The van der Waals surface area contributed by atoms with Crippen molar-refractivity contribution in [3.8, 4) is 27.4 Å². The van der Waals surface area contributed by atoms with Crippen molar-refractivity contribution in [2.45, 2.75) is 70.8 Å². The zero-order chi connectivity index (χ0) is 55.8. The SMILES string of the molecule is Cc1ncsc1-c1ccc([C@H](C)NC(=O)[C@@H]2C[C@@H](O)CN2C(=O)[C@@H](c2cc(OCCN3CCN(c4ccc(-c5cnc6[nH]cc(C(=O)c7c(F)ccc(N(N8CC[C@@H](F)C8)S(=O)O)c7F)c6c5)cc4)CC3)n(C)n2)C(C)C)cc1. The molecule has 0 spiro atoms. The summed E-state index contributed by atoms with van der Waals surface area (Å²) in [6, 6.07) is 20.0. The Balaban J connectivity index is 0.726. The second-order valence-electron chi connectivity index (χ2n) is 20.7. The van der Waals surface area contributed by atoms with Gasteiger partial charge in [0.15, 0.2) is 5.82 Å². The summed E-state index contributed by atoms with van der Waals surface area (Å²) < 4.78 is 76.4. The van der Waals surface area contributed by atoms with Gasteiger partial charge in [-0.1, -0.05) is 50.2 Å². The Morgan fingerprint density at radius 2 is 1.68 bits per heavy atom. The minimum absolute atomic E-state index is 0.0237. The summed E-state index contributed by atoms with van der Waals surface area (Å²) in [5, 5.41) is 20.1. The van der Waals surface area contributed by atoms with Crippen LogP contribution in [-0.2, 0) is 27.9 Å². The lowest BCUT2D eigenvalue weighted by Crippen LogP contribution is -2.48. The average molecular weight is 1120 g/mol. The van der Waals surface area contributed by atoms with Gasteiger partial charge in [0.1, 0.15) is 36.0 Å². The number of aromatic amines is 1. The van der Waals surface area contributed by atoms with Crippen molar-refractivity contribution in [1.29, 1.82) is 0 Å². The van der Waals surface area contributed by atoms with Crippen molar-refractivity contribution >= 4 is 62.6 Å². The lowest BCUT2D eigenvalue weighted by molar-refractivity contribution is -0.140. The number of nitrogens with one attached hydrogen (secondary N) is 2. The van der Waals surface area contributed by atoms with E-state index in [9.17, 15) is 32.6 Å². The number of hydrogen-bond acceptors (Lipinski definition) is 13. The summed E-state index contributed by atoms with van der Waals surface area (Å²) in [4.78, 5) is 61.1. The molecule has 0 radical (unpaired) electrons. The fraction of sp³-hybridized carbons (Fsp3) is 0.393. The van der Waals surface area contributed by atoms with Crippen LogP contribution in [0.1, 0.15) is 78.4 Å². The number of anilines is 2. The molecule has 3 aliphatic heterocycles. The first-order valence-corrected chi connectivity index (χ1v) is 28.2. The number of pyridine rings is 1. The Hall–Kier alpha value is -7.02. The lowest BCUT2D eigenvalue weighted by Gasteiger charge is -2.36. The number of ketones is 1. The topological polar surface area (TPSA) is 206 Å². The van der Waals surface area contributed by atoms with Crippen molar-refractivity contribution in [3.05, 3.63) is 130 Å². The zero-order valence-corrected chi connectivity index (χ0v) is 45.9. The zero-order valence-electron chi connectivity index (χ0n) is 44.3. The first kappa shape index (κ1) is 55.3. The fourth-order valence-electron chi connectivity index (χ4n) is 10.8. The van der Waals surface area contributed by atoms with Crippen LogP contribution < -0.4 is 19.4 Å². The van der Waals surface area contributed by atoms with Gasteiger partial charge in [-0.15, -0.1) is 11.3 Å². The number of aryl methyl sites for hydroxylation is 2. The highest BCUT2D eigenvalue weighted by atomic mass is 32.2. The van der Waals surface area contributed by atoms with Crippen LogP contribution in [0.4, 0.5) is 24.5 Å². The van der Waals surface area contributed by atoms with E-state index in [4.69, 9.17) is 9.84 Å². The molecule has 23 heteroatoms. The molecule has 4 N–H and O–H groups in total. The number of carbonyl (C=O) groups excluding carboxylic acids is 3. The number of piperazine rings is 1. The van der Waals surface area contributed by atoms with E-state index in [1.54, 1.807) is 41.4 Å². The molecule has 0 bridgehead atoms. The predicted molar refractivity (Wildman–Crippen MR) is 296 cm³/mol. The number of benzene rings is 3. The van der Waals surface area contributed by atoms with Crippen LogP contribution in [0, 0.1) is 24.5 Å². The smallest absolute Gasteiger partial charge is 0.277 e. The molecule has 79 heavy (non-hydrogen) atoms. The van der Waals surface area contributed by atoms with Crippen LogP contribution in [0.3, 0.4) is 0 Å². The van der Waals surface area contributed by atoms with Gasteiger partial charge in [0.2, 0.25) is 23.5 Å². The molecule has 416 valence electrons. The van der Waals surface area contributed by atoms with Crippen molar-refractivity contribution < 1.29 is 46.2 Å². The molecule has 7 aromatic rings. The standard InChI is InChI=1S/C56H62F3N11O7S2/c1-32(2)49(56(74)69-30-41(71)25-47(69)55(73)63-33(3)35-6-8-37(9-7-35)53-34(4)62-31-78-53)45-26-48(65(5)64-45)77-23-22-66-18-20-67(21-19-66)40-12-10-36(11-13-40)38-24-42-43(28-61-54(42)60-27-38)52(72)50-44(58)14-15-46(51(50)59)70(79(75)76)68-17-16-39(57)29-68/h6-15,24,26-28,31-33,39,41,47,49,71H,16-23,25,29-30H2,1-5H3,(H,60,61)(H,63,73)(H,75,76)/t33-,39+,41+,47-,49+/m0/s1. The summed E-state index contributed by atoms with van der Waals surface area (Å²) in [6.45, 7) is 11.7. The van der Waals surface area contributed by atoms with Gasteiger partial charge in [0.05, 0.1) is 51.9 Å². The van der Waals surface area contributed by atoms with Gasteiger partial charge in [-0.05, 0) is 73.2 Å². The molecule has 3 fully saturated rings. The van der Waals surface area contributed by atoms with Gasteiger partial charge in [0.25, 0.3) is 11.3 Å². The molecule has 6 atom stereocenters. The quantitative estimate of drug-likeness (QED) is 0.0484. The number of likely N-dealkylation sites (tertiary alicyclic amines) is 1. The Morgan fingerprint density at radius 3 is 2.35 bits per heavy atom. The fourth-order valence-corrected chi connectivity index (χ4v) is 12.3. The molecule has 2 amide bonds. The first-order chi connectivity index (χ1) is 37.9. The van der Waals surface area contributed by atoms with E-state index in [2.05, 4.69) is 30.1 Å². The number of amides is 2. The number of rotatable bonds is 18. The van der Waals surface area contributed by atoms with Gasteiger partial charge in [-0.2, -0.15) is 9.51 Å². The number of hydrogen-bond donors (Lipinski definition) is 4. The largest absolute Gasteiger partial charge is 0.476 e. The van der Waals surface area contributed by atoms with Crippen molar-refractivity contribution in [1.82, 2.24) is 44.9 Å². The number of thiazole rings is 1. The number of H-pyrrole nitrogens is 1. The highest BCUT2D eigenvalue weighted by Crippen LogP contribution is 2.36. The van der Waals surface area contributed by atoms with Crippen LogP contribution in [0.15, 0.2) is 90.7 Å². The van der Waals surface area contributed by atoms with Gasteiger partial charge < -0.3 is 29.9 Å². The van der Waals surface area contributed by atoms with Gasteiger partial charge in [0, 0.05) is 99.9 Å². The molecule has 0 saturated carbocycles. The number of carbonyl (C=O) groups is 3. The van der Waals surface area contributed by atoms with E-state index >= 15 is 8.78 Å². The summed E-state index contributed by atoms with van der Waals surface area (Å²) in [5.74, 6) is -4.46. The molecule has 3 aliphatic rings. The van der Waals surface area contributed by atoms with Crippen LogP contribution in [-0.4, -0.2) is 148 Å². The summed E-state index contributed by atoms with van der Waals surface area (Å²) in [7, 11) is 1.77. The van der Waals surface area contributed by atoms with Crippen molar-refractivity contribution in [3.63, 3.8) is 0 Å². The minimum Gasteiger partial charge on any atom is -0.476 e. The number of alkyl halides is 1. The van der Waals surface area contributed by atoms with E-state index in [1.807, 2.05) is 81.7 Å². The molecule has 0 aliphatic carbocycles. The number of β-amino-alcohol motifs (C(OH)–C–C–N with tert-alkyl or cyclic N) is 1. The number of halogens is 3. The van der Waals surface area contributed by atoms with E-state index in [-0.39, 0.29) is 61.8 Å². The Bertz CT molecular complexity index is 3390. The molecule has 3 saturated heterocycles. The third-order valence-corrected chi connectivity index (χ3v) is 16.8. The number of hydrazine groups is 1. The summed E-state index contributed by atoms with van der Waals surface area (Å²) >= 11 is -1.26. The van der Waals surface area contributed by atoms with Crippen molar-refractivity contribution in [2.75, 3.05) is 68.3 Å². The third-order valence-electron chi connectivity index (χ3n) is 15.1. The number of aromatic nitrogens is 5. The molecule has 4 aromatic heterocycles. The number of fused-ring (bicyclic) bond motifs is 1. The van der Waals surface area contributed by atoms with E-state index < -0.39 is 64.2 Å². The highest BCUT2D eigenvalue weighted by Gasteiger charge is 2.43. The van der Waals surface area contributed by atoms with Gasteiger partial charge in [-0.3, -0.25) is 23.8 Å². The number of aliphatic hydroxyl groups excluding tert-OH is 1. The summed E-state index contributed by atoms with van der Waals surface area (Å²) in [5.41, 5.74) is 6.54. The van der Waals surface area contributed by atoms with Gasteiger partial charge in [-0.25, -0.2) is 37.0 Å². The molecule has 3 aromatic carbocycles. The molecule has 10 rings (SSSR count). The maximum atomic E-state index is 16.1. The van der Waals surface area contributed by atoms with Crippen LogP contribution >= 0.6 is 11.3 Å². The van der Waals surface area contributed by atoms with E-state index in [0.29, 0.717) is 45.7 Å². The second kappa shape index (κ2) is 23.4. The Kier molecular flexibility index (Phi) is 16.4. The lowest BCUT2D eigenvalue weighted by atomic mass is 9.90. The van der Waals surface area contributed by atoms with Crippen LogP contribution in [0.25, 0.3) is 32.6 Å². The van der Waals surface area contributed by atoms with Crippen LogP contribution in [0.5, 0.6) is 5.88 Å². The summed E-state index contributed by atoms with van der Waals surface area (Å²) in [6.07, 6.45) is 0.995. The highest BCUT2D eigenvalue weighted by molar-refractivity contribution is 7.80. The first-order valence-electron chi connectivity index (χ1n) is 26.3. The van der Waals surface area contributed by atoms with Gasteiger partial charge >= 0.3 is 0 Å². The number of aliphatic hydroxyl groups is 1. The monoisotopic (exact) mass is 1120 g/mol. The molecular formula is C56H62F3N11O7S2. The van der Waals surface area contributed by atoms with E-state index in [0.717, 1.165) is 76.3 Å². The molecular weight excluding hydrogens is 1060 g/mol. The second-order valence-corrected chi connectivity index (χ2v) is 22.4. The average Bonchev–Trinajstić information content (AvgIpc) is 4.37. The van der Waals surface area contributed by atoms with Crippen molar-refractivity contribution in [2.24, 2.45) is 13.0 Å². The predicted octanol–water partition coefficient (Wildman–Crippen LogP) is 7.59. The number of nitrogens with zero attached hydrogens (tertiary/aromatic N) is 9. The number of ether oxygens (including phenoxy) is 1. The maximum Gasteiger partial charge on any atom is 0.277 e. The Morgan fingerprint density at radius 1 is 0.949 bits per heavy atom. The minimum atomic E-state index is -2.84. The molecule has 1 unspecified atom stereocenters. The maximum absolute atomic E-state index is 16.1. The molecule has 7 heterocycles. The Labute approximate surface area is 461 Å². The van der Waals surface area contributed by atoms with Crippen LogP contribution in [0.2, 0.25) is 0 Å². The molecule has 18 nitrogen and oxygen atoms in total.